The van der Waals surface area contributed by atoms with Crippen LogP contribution in [0.4, 0.5) is 5.69 Å². The van der Waals surface area contributed by atoms with Crippen molar-refractivity contribution in [1.82, 2.24) is 0 Å². The molecular weight excluding hydrogens is 210 g/mol. The number of aliphatic hydroxyl groups excluding tert-OH is 1. The lowest BCUT2D eigenvalue weighted by atomic mass is 10.1. The molecule has 15 heavy (non-hydrogen) atoms. The van der Waals surface area contributed by atoms with Crippen LogP contribution in [0.15, 0.2) is 18.2 Å². The first-order valence-corrected chi connectivity index (χ1v) is 5.64. The Kier molecular flexibility index (Phi) is 2.89. The maximum absolute atomic E-state index is 9.19. The molecule has 2 N–H and O–H groups in total. The molecule has 0 saturated heterocycles. The predicted molar refractivity (Wildman–Crippen MR) is 63.4 cm³/mol. The molecule has 2 rings (SSSR count). The lowest BCUT2D eigenvalue weighted by molar-refractivity contribution is 0.220. The van der Waals surface area contributed by atoms with E-state index < -0.39 is 0 Å². The zero-order valence-corrected chi connectivity index (χ0v) is 9.64. The Morgan fingerprint density at radius 1 is 1.47 bits per heavy atom. The first-order chi connectivity index (χ1) is 7.15. The highest BCUT2D eigenvalue weighted by molar-refractivity contribution is 6.30. The zero-order chi connectivity index (χ0) is 10.9. The summed E-state index contributed by atoms with van der Waals surface area (Å²) in [5.74, 6) is 0. The van der Waals surface area contributed by atoms with E-state index in [-0.39, 0.29) is 12.0 Å². The molecule has 82 valence electrons. The van der Waals surface area contributed by atoms with Crippen LogP contribution >= 0.6 is 11.6 Å². The van der Waals surface area contributed by atoms with Crippen molar-refractivity contribution in [3.05, 3.63) is 28.8 Å². The minimum atomic E-state index is 0.134. The number of aliphatic hydroxyl groups is 1. The summed E-state index contributed by atoms with van der Waals surface area (Å²) in [5, 5.41) is 13.3. The van der Waals surface area contributed by atoms with Crippen LogP contribution in [0.3, 0.4) is 0 Å². The van der Waals surface area contributed by atoms with E-state index in [4.69, 9.17) is 11.6 Å². The van der Waals surface area contributed by atoms with E-state index in [0.717, 1.165) is 30.1 Å². The molecule has 0 bridgehead atoms. The van der Waals surface area contributed by atoms with Gasteiger partial charge >= 0.3 is 0 Å². The fourth-order valence-electron chi connectivity index (χ4n) is 1.63. The van der Waals surface area contributed by atoms with Gasteiger partial charge in [-0.1, -0.05) is 17.7 Å². The van der Waals surface area contributed by atoms with Gasteiger partial charge in [-0.2, -0.15) is 0 Å². The Hall–Kier alpha value is -0.730. The number of rotatable bonds is 4. The summed E-state index contributed by atoms with van der Waals surface area (Å²) in [6.45, 7) is 3.17. The fourth-order valence-corrected chi connectivity index (χ4v) is 1.81. The van der Waals surface area contributed by atoms with Crippen molar-refractivity contribution in [2.24, 2.45) is 5.41 Å². The number of halogens is 1. The van der Waals surface area contributed by atoms with Crippen LogP contribution in [-0.4, -0.2) is 18.3 Å². The molecule has 0 aromatic heterocycles. The monoisotopic (exact) mass is 225 g/mol. The van der Waals surface area contributed by atoms with Crippen molar-refractivity contribution in [3.8, 4) is 0 Å². The summed E-state index contributed by atoms with van der Waals surface area (Å²) in [7, 11) is 0. The van der Waals surface area contributed by atoms with E-state index in [1.807, 2.05) is 18.2 Å². The highest BCUT2D eigenvalue weighted by atomic mass is 35.5. The maximum Gasteiger partial charge on any atom is 0.0504 e. The van der Waals surface area contributed by atoms with Crippen molar-refractivity contribution >= 4 is 17.3 Å². The van der Waals surface area contributed by atoms with E-state index in [2.05, 4.69) is 12.2 Å². The Balaban J connectivity index is 2.01. The second-order valence-corrected chi connectivity index (χ2v) is 4.91. The molecule has 0 radical (unpaired) electrons. The van der Waals surface area contributed by atoms with Gasteiger partial charge in [-0.3, -0.25) is 0 Å². The van der Waals surface area contributed by atoms with Gasteiger partial charge in [-0.15, -0.1) is 0 Å². The minimum Gasteiger partial charge on any atom is -0.396 e. The van der Waals surface area contributed by atoms with Gasteiger partial charge in [0.2, 0.25) is 0 Å². The van der Waals surface area contributed by atoms with E-state index in [9.17, 15) is 5.11 Å². The van der Waals surface area contributed by atoms with Gasteiger partial charge in [-0.25, -0.2) is 0 Å². The summed E-state index contributed by atoms with van der Waals surface area (Å²) in [5.41, 5.74) is 2.39. The molecule has 1 fully saturated rings. The van der Waals surface area contributed by atoms with Gasteiger partial charge in [-0.05, 0) is 37.5 Å². The molecule has 2 nitrogen and oxygen atoms in total. The van der Waals surface area contributed by atoms with Crippen molar-refractivity contribution in [2.75, 3.05) is 18.5 Å². The molecule has 3 heteroatoms. The SMILES string of the molecule is Cc1ccc(Cl)cc1NCC1(CO)CC1. The van der Waals surface area contributed by atoms with Gasteiger partial charge in [0.1, 0.15) is 0 Å². The molecule has 0 unspecified atom stereocenters. The number of nitrogens with one attached hydrogen (secondary N) is 1. The normalized spacial score (nSPS) is 17.5. The van der Waals surface area contributed by atoms with Crippen molar-refractivity contribution in [3.63, 3.8) is 0 Å². The Bertz CT molecular complexity index is 361. The van der Waals surface area contributed by atoms with Gasteiger partial charge in [0.25, 0.3) is 0 Å². The number of hydrogen-bond acceptors (Lipinski definition) is 2. The quantitative estimate of drug-likeness (QED) is 0.826. The van der Waals surface area contributed by atoms with E-state index in [1.54, 1.807) is 0 Å². The zero-order valence-electron chi connectivity index (χ0n) is 8.89. The Morgan fingerprint density at radius 3 is 2.80 bits per heavy atom. The second kappa shape index (κ2) is 4.03. The van der Waals surface area contributed by atoms with E-state index in [1.165, 1.54) is 5.56 Å². The molecule has 1 aromatic rings. The molecule has 0 aliphatic heterocycles. The largest absolute Gasteiger partial charge is 0.396 e. The first-order valence-electron chi connectivity index (χ1n) is 5.26. The van der Waals surface area contributed by atoms with Gasteiger partial charge < -0.3 is 10.4 Å². The summed E-state index contributed by atoms with van der Waals surface area (Å²) in [6, 6.07) is 5.83. The predicted octanol–water partition coefficient (Wildman–Crippen LogP) is 2.83. The van der Waals surface area contributed by atoms with Crippen molar-refractivity contribution in [2.45, 2.75) is 19.8 Å². The van der Waals surface area contributed by atoms with Crippen LogP contribution in [0.25, 0.3) is 0 Å². The standard InChI is InChI=1S/C12H16ClNO/c1-9-2-3-10(13)6-11(9)14-7-12(8-15)4-5-12/h2-3,6,14-15H,4-5,7-8H2,1H3. The molecule has 1 aliphatic rings. The van der Waals surface area contributed by atoms with Crippen LogP contribution in [-0.2, 0) is 0 Å². The van der Waals surface area contributed by atoms with Crippen molar-refractivity contribution in [1.29, 1.82) is 0 Å². The van der Waals surface area contributed by atoms with Gasteiger partial charge in [0, 0.05) is 22.7 Å². The van der Waals surface area contributed by atoms with Crippen molar-refractivity contribution < 1.29 is 5.11 Å². The smallest absolute Gasteiger partial charge is 0.0504 e. The topological polar surface area (TPSA) is 32.3 Å². The Morgan fingerprint density at radius 2 is 2.20 bits per heavy atom. The lowest BCUT2D eigenvalue weighted by Gasteiger charge is -2.15. The number of aryl methyl sites for hydroxylation is 1. The van der Waals surface area contributed by atoms with Gasteiger partial charge in [0.05, 0.1) is 6.61 Å². The molecule has 0 heterocycles. The molecule has 0 atom stereocenters. The molecular formula is C12H16ClNO. The molecule has 1 aromatic carbocycles. The second-order valence-electron chi connectivity index (χ2n) is 4.47. The average molecular weight is 226 g/mol. The summed E-state index contributed by atoms with van der Waals surface area (Å²) in [6.07, 6.45) is 2.24. The Labute approximate surface area is 95.3 Å². The number of benzene rings is 1. The third-order valence-electron chi connectivity index (χ3n) is 3.15. The van der Waals surface area contributed by atoms with Crippen LogP contribution < -0.4 is 5.32 Å². The summed E-state index contributed by atoms with van der Waals surface area (Å²) >= 11 is 5.93. The van der Waals surface area contributed by atoms with Gasteiger partial charge in [0.15, 0.2) is 0 Å². The van der Waals surface area contributed by atoms with E-state index >= 15 is 0 Å². The highest BCUT2D eigenvalue weighted by Gasteiger charge is 2.41. The number of hydrogen-bond donors (Lipinski definition) is 2. The third-order valence-corrected chi connectivity index (χ3v) is 3.38. The average Bonchev–Trinajstić information content (AvgIpc) is 3.00. The van der Waals surface area contributed by atoms with Crippen LogP contribution in [0.5, 0.6) is 0 Å². The number of anilines is 1. The highest BCUT2D eigenvalue weighted by Crippen LogP contribution is 2.45. The summed E-state index contributed by atoms with van der Waals surface area (Å²) in [4.78, 5) is 0. The minimum absolute atomic E-state index is 0.134. The first kappa shape index (κ1) is 10.8. The molecule has 0 spiro atoms. The fraction of sp³-hybridized carbons (Fsp3) is 0.500. The van der Waals surface area contributed by atoms with Crippen LogP contribution in [0, 0.1) is 12.3 Å². The lowest BCUT2D eigenvalue weighted by Crippen LogP contribution is -2.19. The van der Waals surface area contributed by atoms with Crippen LogP contribution in [0.1, 0.15) is 18.4 Å². The third kappa shape index (κ3) is 2.44. The summed E-state index contributed by atoms with van der Waals surface area (Å²) < 4.78 is 0. The maximum atomic E-state index is 9.19. The molecule has 1 saturated carbocycles. The van der Waals surface area contributed by atoms with Crippen LogP contribution in [0.2, 0.25) is 5.02 Å². The van der Waals surface area contributed by atoms with E-state index in [0.29, 0.717) is 0 Å². The molecule has 1 aliphatic carbocycles. The molecule has 0 amide bonds.